The van der Waals surface area contributed by atoms with Crippen LogP contribution < -0.4 is 24.3 Å². The largest absolute Gasteiger partial charge is 0.496 e. The van der Waals surface area contributed by atoms with Gasteiger partial charge in [0.1, 0.15) is 5.75 Å². The molecule has 0 atom stereocenters. The summed E-state index contributed by atoms with van der Waals surface area (Å²) in [4.78, 5) is 29.0. The smallest absolute Gasteiger partial charge is 0.308 e. The molecule has 4 aromatic rings. The van der Waals surface area contributed by atoms with Gasteiger partial charge in [-0.3, -0.25) is 9.59 Å². The van der Waals surface area contributed by atoms with Gasteiger partial charge in [0.25, 0.3) is 5.56 Å². The maximum atomic E-state index is 12.8. The number of hydrogen-bond acceptors (Lipinski definition) is 8. The highest BCUT2D eigenvalue weighted by atomic mass is 32.1. The molecule has 0 aliphatic heterocycles. The lowest BCUT2D eigenvalue weighted by Gasteiger charge is -2.08. The molecule has 4 rings (SSSR count). The van der Waals surface area contributed by atoms with Gasteiger partial charge < -0.3 is 14.2 Å². The number of ether oxygens (including phenoxy) is 3. The molecule has 0 N–H and O–H groups in total. The van der Waals surface area contributed by atoms with E-state index in [2.05, 4.69) is 10.1 Å². The lowest BCUT2D eigenvalue weighted by molar-refractivity contribution is -0.132. The Bertz CT molecular complexity index is 1360. The third kappa shape index (κ3) is 3.62. The number of methoxy groups -OCH3 is 2. The van der Waals surface area contributed by atoms with E-state index < -0.39 is 5.97 Å². The number of fused-ring (bicyclic) bond motifs is 1. The van der Waals surface area contributed by atoms with Crippen molar-refractivity contribution in [3.8, 4) is 28.6 Å². The zero-order chi connectivity index (χ0) is 21.3. The van der Waals surface area contributed by atoms with Crippen LogP contribution in [0.15, 0.2) is 47.3 Å². The van der Waals surface area contributed by atoms with Crippen molar-refractivity contribution in [1.82, 2.24) is 14.6 Å². The number of para-hydroxylation sites is 1. The fourth-order valence-corrected chi connectivity index (χ4v) is 3.85. The molecule has 152 valence electrons. The molecule has 0 aliphatic carbocycles. The Labute approximate surface area is 175 Å². The second-order valence-electron chi connectivity index (χ2n) is 6.25. The number of rotatable bonds is 5. The fraction of sp³-hybridized carbons (Fsp3) is 0.143. The summed E-state index contributed by atoms with van der Waals surface area (Å²) < 4.78 is 17.5. The van der Waals surface area contributed by atoms with E-state index in [0.29, 0.717) is 43.7 Å². The lowest BCUT2D eigenvalue weighted by atomic mass is 10.2. The lowest BCUT2D eigenvalue weighted by Crippen LogP contribution is -2.23. The first-order chi connectivity index (χ1) is 14.5. The number of benzene rings is 2. The van der Waals surface area contributed by atoms with Crippen LogP contribution >= 0.6 is 11.3 Å². The summed E-state index contributed by atoms with van der Waals surface area (Å²) in [6.07, 6.45) is 1.71. The van der Waals surface area contributed by atoms with Crippen LogP contribution in [-0.4, -0.2) is 34.8 Å². The van der Waals surface area contributed by atoms with Crippen LogP contribution in [0.25, 0.3) is 22.4 Å². The minimum absolute atomic E-state index is 0.272. The Morgan fingerprint density at radius 3 is 2.53 bits per heavy atom. The normalized spacial score (nSPS) is 11.6. The maximum Gasteiger partial charge on any atom is 0.308 e. The number of carbonyl (C=O) groups is 1. The molecule has 0 amide bonds. The first-order valence-corrected chi connectivity index (χ1v) is 9.73. The SMILES string of the molecule is COc1cc(C=c2sc3nc(-c4ccccc4OC)nn3c2=O)ccc1OC(C)=O. The number of carbonyl (C=O) groups excluding carboxylic acids is 1. The summed E-state index contributed by atoms with van der Waals surface area (Å²) >= 11 is 1.23. The Morgan fingerprint density at radius 1 is 1.07 bits per heavy atom. The average Bonchev–Trinajstić information content (AvgIpc) is 3.28. The van der Waals surface area contributed by atoms with E-state index >= 15 is 0 Å². The molecule has 0 unspecified atom stereocenters. The van der Waals surface area contributed by atoms with Crippen molar-refractivity contribution >= 4 is 28.3 Å². The number of aromatic nitrogens is 3. The number of thiazole rings is 1. The number of esters is 1. The number of hydrogen-bond donors (Lipinski definition) is 0. The summed E-state index contributed by atoms with van der Waals surface area (Å²) in [6.45, 7) is 1.32. The summed E-state index contributed by atoms with van der Waals surface area (Å²) in [5.74, 6) is 1.32. The molecule has 2 heterocycles. The fourth-order valence-electron chi connectivity index (χ4n) is 2.94. The van der Waals surface area contributed by atoms with Gasteiger partial charge in [0, 0.05) is 6.92 Å². The molecule has 8 nitrogen and oxygen atoms in total. The van der Waals surface area contributed by atoms with Gasteiger partial charge in [0.2, 0.25) is 4.96 Å². The highest BCUT2D eigenvalue weighted by Crippen LogP contribution is 2.29. The third-order valence-electron chi connectivity index (χ3n) is 4.27. The van der Waals surface area contributed by atoms with E-state index in [-0.39, 0.29) is 5.56 Å². The molecule has 2 aromatic heterocycles. The van der Waals surface area contributed by atoms with Crippen molar-refractivity contribution < 1.29 is 19.0 Å². The summed E-state index contributed by atoms with van der Waals surface area (Å²) in [6, 6.07) is 12.4. The van der Waals surface area contributed by atoms with Gasteiger partial charge in [0.05, 0.1) is 24.3 Å². The highest BCUT2D eigenvalue weighted by molar-refractivity contribution is 7.15. The molecule has 9 heteroatoms. The van der Waals surface area contributed by atoms with Crippen LogP contribution in [0.3, 0.4) is 0 Å². The Hall–Kier alpha value is -3.72. The topological polar surface area (TPSA) is 92.0 Å². The summed E-state index contributed by atoms with van der Waals surface area (Å²) in [5, 5.41) is 4.36. The molecule has 0 saturated heterocycles. The quantitative estimate of drug-likeness (QED) is 0.359. The highest BCUT2D eigenvalue weighted by Gasteiger charge is 2.15. The zero-order valence-corrected chi connectivity index (χ0v) is 17.2. The second kappa shape index (κ2) is 7.96. The predicted octanol–water partition coefficient (Wildman–Crippen LogP) is 2.31. The monoisotopic (exact) mass is 423 g/mol. The molecule has 0 fully saturated rings. The molecule has 0 radical (unpaired) electrons. The van der Waals surface area contributed by atoms with Crippen molar-refractivity contribution in [2.24, 2.45) is 0 Å². The third-order valence-corrected chi connectivity index (χ3v) is 5.23. The number of nitrogens with zero attached hydrogens (tertiary/aromatic N) is 3. The van der Waals surface area contributed by atoms with Crippen molar-refractivity contribution in [1.29, 1.82) is 0 Å². The van der Waals surface area contributed by atoms with Crippen molar-refractivity contribution in [2.45, 2.75) is 6.92 Å². The maximum absolute atomic E-state index is 12.8. The van der Waals surface area contributed by atoms with E-state index in [4.69, 9.17) is 14.2 Å². The van der Waals surface area contributed by atoms with Gasteiger partial charge in [-0.25, -0.2) is 0 Å². The zero-order valence-electron chi connectivity index (χ0n) is 16.4. The molecule has 0 aliphatic rings. The minimum Gasteiger partial charge on any atom is -0.496 e. The van der Waals surface area contributed by atoms with Gasteiger partial charge in [-0.1, -0.05) is 29.5 Å². The standard InChI is InChI=1S/C21H17N3O5S/c1-12(25)29-16-9-8-13(10-17(16)28-3)11-18-20(26)24-21(30-18)22-19(23-24)14-6-4-5-7-15(14)27-2/h4-11H,1-3H3. The van der Waals surface area contributed by atoms with Crippen LogP contribution in [0.2, 0.25) is 0 Å². The molecule has 30 heavy (non-hydrogen) atoms. The Morgan fingerprint density at radius 2 is 1.83 bits per heavy atom. The molecule has 0 spiro atoms. The first kappa shape index (κ1) is 19.6. The van der Waals surface area contributed by atoms with E-state index in [0.717, 1.165) is 0 Å². The van der Waals surface area contributed by atoms with E-state index in [9.17, 15) is 9.59 Å². The second-order valence-corrected chi connectivity index (χ2v) is 7.26. The summed E-state index contributed by atoms with van der Waals surface area (Å²) in [7, 11) is 3.05. The molecular formula is C21H17N3O5S. The van der Waals surface area contributed by atoms with E-state index in [1.165, 1.54) is 29.9 Å². The van der Waals surface area contributed by atoms with Crippen LogP contribution in [0.4, 0.5) is 0 Å². The van der Waals surface area contributed by atoms with Gasteiger partial charge in [-0.2, -0.15) is 9.50 Å². The van der Waals surface area contributed by atoms with Crippen LogP contribution in [0.5, 0.6) is 17.2 Å². The molecular weight excluding hydrogens is 406 g/mol. The van der Waals surface area contributed by atoms with E-state index in [1.54, 1.807) is 31.4 Å². The van der Waals surface area contributed by atoms with Crippen molar-refractivity contribution in [2.75, 3.05) is 14.2 Å². The summed E-state index contributed by atoms with van der Waals surface area (Å²) in [5.41, 5.74) is 1.16. The Balaban J connectivity index is 1.75. The minimum atomic E-state index is -0.441. The van der Waals surface area contributed by atoms with Gasteiger partial charge in [-0.05, 0) is 35.9 Å². The average molecular weight is 423 g/mol. The van der Waals surface area contributed by atoms with Gasteiger partial charge in [0.15, 0.2) is 17.3 Å². The van der Waals surface area contributed by atoms with Gasteiger partial charge >= 0.3 is 5.97 Å². The van der Waals surface area contributed by atoms with Crippen LogP contribution in [0.1, 0.15) is 12.5 Å². The van der Waals surface area contributed by atoms with E-state index in [1.807, 2.05) is 24.3 Å². The van der Waals surface area contributed by atoms with Crippen LogP contribution in [0, 0.1) is 0 Å². The molecule has 0 bridgehead atoms. The van der Waals surface area contributed by atoms with Gasteiger partial charge in [-0.15, -0.1) is 5.10 Å². The predicted molar refractivity (Wildman–Crippen MR) is 112 cm³/mol. The van der Waals surface area contributed by atoms with Crippen molar-refractivity contribution in [3.05, 3.63) is 62.9 Å². The molecule has 0 saturated carbocycles. The van der Waals surface area contributed by atoms with Crippen LogP contribution in [-0.2, 0) is 4.79 Å². The van der Waals surface area contributed by atoms with Crippen molar-refractivity contribution in [3.63, 3.8) is 0 Å². The Kier molecular flexibility index (Phi) is 5.20. The molecule has 2 aromatic carbocycles. The first-order valence-electron chi connectivity index (χ1n) is 8.91.